The van der Waals surface area contributed by atoms with E-state index in [1.807, 2.05) is 42.2 Å². The fourth-order valence-electron chi connectivity index (χ4n) is 1.65. The van der Waals surface area contributed by atoms with Crippen molar-refractivity contribution in [2.24, 2.45) is 7.05 Å². The van der Waals surface area contributed by atoms with Crippen LogP contribution in [0, 0.1) is 0 Å². The molecule has 1 aromatic heterocycles. The Hall–Kier alpha value is -1.49. The molecule has 0 fully saturated rings. The molecule has 90 valence electrons. The molecule has 0 radical (unpaired) electrons. The second-order valence-electron chi connectivity index (χ2n) is 3.86. The third-order valence-electron chi connectivity index (χ3n) is 2.61. The zero-order chi connectivity index (χ0) is 12.3. The Bertz CT molecular complexity index is 507. The molecule has 2 rings (SSSR count). The number of anilines is 2. The molecule has 1 aromatic carbocycles. The average molecular weight is 295 g/mol. The number of nitrogens with one attached hydrogen (secondary N) is 1. The summed E-state index contributed by atoms with van der Waals surface area (Å²) in [4.78, 5) is 0. The minimum atomic E-state index is 0.758. The molecule has 0 saturated carbocycles. The summed E-state index contributed by atoms with van der Waals surface area (Å²) < 4.78 is 2.88. The maximum atomic E-state index is 5.68. The van der Waals surface area contributed by atoms with Crippen molar-refractivity contribution >= 4 is 27.3 Å². The van der Waals surface area contributed by atoms with Crippen LogP contribution in [0.3, 0.4) is 0 Å². The van der Waals surface area contributed by atoms with E-state index in [-0.39, 0.29) is 0 Å². The third-order valence-corrected chi connectivity index (χ3v) is 3.27. The molecule has 0 saturated heterocycles. The van der Waals surface area contributed by atoms with E-state index in [1.54, 1.807) is 0 Å². The van der Waals surface area contributed by atoms with Gasteiger partial charge in [0.2, 0.25) is 0 Å². The zero-order valence-corrected chi connectivity index (χ0v) is 11.2. The van der Waals surface area contributed by atoms with Gasteiger partial charge in [0.25, 0.3) is 0 Å². The fraction of sp³-hybridized carbons (Fsp3) is 0.250. The first kappa shape index (κ1) is 12.0. The van der Waals surface area contributed by atoms with Gasteiger partial charge in [-0.1, -0.05) is 0 Å². The average Bonchev–Trinajstić information content (AvgIpc) is 2.68. The maximum absolute atomic E-state index is 5.68. The molecular formula is C12H15BrN4. The Morgan fingerprint density at radius 2 is 2.24 bits per heavy atom. The first-order valence-corrected chi connectivity index (χ1v) is 6.22. The van der Waals surface area contributed by atoms with E-state index in [2.05, 4.69) is 26.3 Å². The molecule has 1 heterocycles. The van der Waals surface area contributed by atoms with Crippen LogP contribution in [-0.4, -0.2) is 16.3 Å². The summed E-state index contributed by atoms with van der Waals surface area (Å²) in [6.07, 6.45) is 2.75. The summed E-state index contributed by atoms with van der Waals surface area (Å²) in [5.74, 6) is 0. The molecule has 0 atom stereocenters. The van der Waals surface area contributed by atoms with Crippen LogP contribution >= 0.6 is 15.9 Å². The predicted octanol–water partition coefficient (Wildman–Crippen LogP) is 2.42. The maximum Gasteiger partial charge on any atom is 0.0492 e. The van der Waals surface area contributed by atoms with Gasteiger partial charge in [-0.15, -0.1) is 0 Å². The molecular weight excluding hydrogens is 280 g/mol. The second kappa shape index (κ2) is 5.23. The second-order valence-corrected chi connectivity index (χ2v) is 4.72. The first-order chi connectivity index (χ1) is 8.16. The first-order valence-electron chi connectivity index (χ1n) is 5.42. The molecule has 3 N–H and O–H groups in total. The van der Waals surface area contributed by atoms with E-state index in [1.165, 1.54) is 5.69 Å². The van der Waals surface area contributed by atoms with Crippen molar-refractivity contribution in [1.29, 1.82) is 0 Å². The Morgan fingerprint density at radius 3 is 2.88 bits per heavy atom. The van der Waals surface area contributed by atoms with E-state index in [0.717, 1.165) is 28.8 Å². The highest BCUT2D eigenvalue weighted by atomic mass is 79.9. The molecule has 4 nitrogen and oxygen atoms in total. The lowest BCUT2D eigenvalue weighted by Gasteiger charge is -2.09. The minimum absolute atomic E-state index is 0.758. The van der Waals surface area contributed by atoms with Crippen LogP contribution in [0.5, 0.6) is 0 Å². The molecule has 5 heteroatoms. The lowest BCUT2D eigenvalue weighted by atomic mass is 10.2. The van der Waals surface area contributed by atoms with Gasteiger partial charge in [0.15, 0.2) is 0 Å². The molecule has 0 bridgehead atoms. The number of aromatic nitrogens is 2. The summed E-state index contributed by atoms with van der Waals surface area (Å²) in [6.45, 7) is 0.863. The predicted molar refractivity (Wildman–Crippen MR) is 74.0 cm³/mol. The van der Waals surface area contributed by atoms with Gasteiger partial charge >= 0.3 is 0 Å². The van der Waals surface area contributed by atoms with Gasteiger partial charge in [-0.05, 0) is 40.2 Å². The van der Waals surface area contributed by atoms with Crippen LogP contribution in [0.1, 0.15) is 5.69 Å². The van der Waals surface area contributed by atoms with Crippen molar-refractivity contribution in [3.8, 4) is 0 Å². The van der Waals surface area contributed by atoms with Crippen LogP contribution in [0.2, 0.25) is 0 Å². The van der Waals surface area contributed by atoms with Crippen molar-refractivity contribution in [2.45, 2.75) is 6.42 Å². The Labute approximate surface area is 109 Å². The minimum Gasteiger partial charge on any atom is -0.399 e. The van der Waals surface area contributed by atoms with E-state index >= 15 is 0 Å². The van der Waals surface area contributed by atoms with Crippen molar-refractivity contribution in [3.63, 3.8) is 0 Å². The molecule has 0 aliphatic carbocycles. The lowest BCUT2D eigenvalue weighted by Crippen LogP contribution is -2.08. The van der Waals surface area contributed by atoms with Crippen molar-refractivity contribution < 1.29 is 0 Å². The smallest absolute Gasteiger partial charge is 0.0492 e. The standard InChI is InChI=1S/C12H15BrN4/c1-17-10(5-7-16-17)4-6-15-12-3-2-9(14)8-11(12)13/h2-3,5,7-8,15H,4,6,14H2,1H3. The summed E-state index contributed by atoms with van der Waals surface area (Å²) >= 11 is 3.48. The Morgan fingerprint density at radius 1 is 1.41 bits per heavy atom. The van der Waals surface area contributed by atoms with Crippen molar-refractivity contribution in [2.75, 3.05) is 17.6 Å². The van der Waals surface area contributed by atoms with Gasteiger partial charge in [-0.3, -0.25) is 4.68 Å². The topological polar surface area (TPSA) is 55.9 Å². The van der Waals surface area contributed by atoms with Crippen LogP contribution < -0.4 is 11.1 Å². The molecule has 0 aliphatic rings. The van der Waals surface area contributed by atoms with Crippen molar-refractivity contribution in [3.05, 3.63) is 40.6 Å². The number of hydrogen-bond acceptors (Lipinski definition) is 3. The molecule has 17 heavy (non-hydrogen) atoms. The van der Waals surface area contributed by atoms with E-state index in [0.29, 0.717) is 0 Å². The van der Waals surface area contributed by atoms with E-state index in [9.17, 15) is 0 Å². The van der Waals surface area contributed by atoms with Gasteiger partial charge in [-0.2, -0.15) is 5.10 Å². The highest BCUT2D eigenvalue weighted by Crippen LogP contribution is 2.24. The van der Waals surface area contributed by atoms with Crippen LogP contribution in [0.15, 0.2) is 34.9 Å². The van der Waals surface area contributed by atoms with Gasteiger partial charge in [0.1, 0.15) is 0 Å². The zero-order valence-electron chi connectivity index (χ0n) is 9.65. The van der Waals surface area contributed by atoms with Gasteiger partial charge in [-0.25, -0.2) is 0 Å². The highest BCUT2D eigenvalue weighted by Gasteiger charge is 2.01. The largest absolute Gasteiger partial charge is 0.399 e. The lowest BCUT2D eigenvalue weighted by molar-refractivity contribution is 0.711. The number of nitrogens with two attached hydrogens (primary N) is 1. The SMILES string of the molecule is Cn1nccc1CCNc1ccc(N)cc1Br. The normalized spacial score (nSPS) is 10.5. The molecule has 2 aromatic rings. The van der Waals surface area contributed by atoms with Gasteiger partial charge in [0, 0.05) is 47.8 Å². The monoisotopic (exact) mass is 294 g/mol. The van der Waals surface area contributed by atoms with Crippen molar-refractivity contribution in [1.82, 2.24) is 9.78 Å². The quantitative estimate of drug-likeness (QED) is 0.852. The van der Waals surface area contributed by atoms with Gasteiger partial charge in [0.05, 0.1) is 0 Å². The van der Waals surface area contributed by atoms with E-state index in [4.69, 9.17) is 5.73 Å². The number of aryl methyl sites for hydroxylation is 1. The van der Waals surface area contributed by atoms with Crippen LogP contribution in [0.4, 0.5) is 11.4 Å². The van der Waals surface area contributed by atoms with Crippen LogP contribution in [-0.2, 0) is 13.5 Å². The summed E-state index contributed by atoms with van der Waals surface area (Å²) in [6, 6.07) is 7.78. The van der Waals surface area contributed by atoms with Crippen LogP contribution in [0.25, 0.3) is 0 Å². The third kappa shape index (κ3) is 3.00. The number of hydrogen-bond donors (Lipinski definition) is 2. The number of rotatable bonds is 4. The number of nitrogens with zero attached hydrogens (tertiary/aromatic N) is 2. The Balaban J connectivity index is 1.92. The Kier molecular flexibility index (Phi) is 3.68. The summed E-state index contributed by atoms with van der Waals surface area (Å²) in [5.41, 5.74) is 8.71. The van der Waals surface area contributed by atoms with E-state index < -0.39 is 0 Å². The number of halogens is 1. The summed E-state index contributed by atoms with van der Waals surface area (Å²) in [5, 5.41) is 7.50. The molecule has 0 amide bonds. The molecule has 0 unspecified atom stereocenters. The summed E-state index contributed by atoms with van der Waals surface area (Å²) in [7, 11) is 1.95. The highest BCUT2D eigenvalue weighted by molar-refractivity contribution is 9.10. The number of nitrogen functional groups attached to an aromatic ring is 1. The molecule has 0 spiro atoms. The molecule has 0 aliphatic heterocycles. The fourth-order valence-corrected chi connectivity index (χ4v) is 2.18. The number of benzene rings is 1. The van der Waals surface area contributed by atoms with Gasteiger partial charge < -0.3 is 11.1 Å².